The molecule has 0 saturated heterocycles. The second-order valence-corrected chi connectivity index (χ2v) is 12.4. The van der Waals surface area contributed by atoms with Crippen molar-refractivity contribution in [3.05, 3.63) is 23.8 Å². The van der Waals surface area contributed by atoms with Crippen molar-refractivity contribution in [3.63, 3.8) is 0 Å². The molecular weight excluding hydrogens is 274 g/mol. The topological polar surface area (TPSA) is 23.5 Å². The second kappa shape index (κ2) is 5.77. The molecule has 1 aromatic carbocycles. The van der Waals surface area contributed by atoms with Crippen LogP contribution >= 0.6 is 0 Å². The highest BCUT2D eigenvalue weighted by Crippen LogP contribution is 2.32. The van der Waals surface area contributed by atoms with Crippen LogP contribution in [-0.4, -0.2) is 31.0 Å². The highest BCUT2D eigenvalue weighted by Gasteiger charge is 2.37. The van der Waals surface area contributed by atoms with Crippen LogP contribution in [0.15, 0.2) is 18.2 Å². The number of hydrogen-bond acceptors (Lipinski definition) is 2. The molecule has 1 fully saturated rings. The number of benzene rings is 1. The van der Waals surface area contributed by atoms with Crippen molar-refractivity contribution in [3.8, 4) is 5.75 Å². The minimum Gasteiger partial charge on any atom is -0.508 e. The van der Waals surface area contributed by atoms with E-state index in [1.807, 2.05) is 0 Å². The lowest BCUT2D eigenvalue weighted by molar-refractivity contribution is 0.377. The zero-order chi connectivity index (χ0) is 15.8. The molecule has 2 rings (SSSR count). The molecule has 0 heterocycles. The lowest BCUT2D eigenvalue weighted by atomic mass is 9.86. The van der Waals surface area contributed by atoms with Gasteiger partial charge in [-0.05, 0) is 36.1 Å². The molecule has 21 heavy (non-hydrogen) atoms. The minimum absolute atomic E-state index is 0.0174. The van der Waals surface area contributed by atoms with Gasteiger partial charge in [-0.15, -0.1) is 0 Å². The molecule has 118 valence electrons. The Labute approximate surface area is 131 Å². The summed E-state index contributed by atoms with van der Waals surface area (Å²) in [5, 5.41) is 12.0. The van der Waals surface area contributed by atoms with Gasteiger partial charge >= 0.3 is 0 Å². The Hall–Kier alpha value is -0.803. The van der Waals surface area contributed by atoms with Crippen molar-refractivity contribution in [2.24, 2.45) is 0 Å². The van der Waals surface area contributed by atoms with Gasteiger partial charge in [0, 0.05) is 6.04 Å². The number of hydrogen-bond donors (Lipinski definition) is 1. The quantitative estimate of drug-likeness (QED) is 0.854. The van der Waals surface area contributed by atoms with Crippen LogP contribution in [0.1, 0.15) is 52.0 Å². The normalized spacial score (nSPS) is 17.7. The summed E-state index contributed by atoms with van der Waals surface area (Å²) in [4.78, 5) is 0. The average molecular weight is 306 g/mol. The molecule has 0 unspecified atom stereocenters. The molecule has 2 nitrogen and oxygen atoms in total. The monoisotopic (exact) mass is 305 g/mol. The van der Waals surface area contributed by atoms with E-state index in [0.29, 0.717) is 11.8 Å². The summed E-state index contributed by atoms with van der Waals surface area (Å²) in [6.07, 6.45) is 5.33. The van der Waals surface area contributed by atoms with Crippen LogP contribution in [0, 0.1) is 0 Å². The fourth-order valence-electron chi connectivity index (χ4n) is 3.58. The number of nitrogens with zero attached hydrogens (tertiary/aromatic N) is 1. The maximum atomic E-state index is 10.9. The minimum atomic E-state index is -1.82. The third-order valence-electron chi connectivity index (χ3n) is 5.26. The number of phenolic OH excluding ortho intramolecular Hbond substituents is 1. The molecule has 0 aliphatic heterocycles. The van der Waals surface area contributed by atoms with Gasteiger partial charge in [-0.3, -0.25) is 0 Å². The van der Waals surface area contributed by atoms with Gasteiger partial charge in [0.25, 0.3) is 0 Å². The Morgan fingerprint density at radius 3 is 2.24 bits per heavy atom. The van der Waals surface area contributed by atoms with Crippen LogP contribution in [-0.2, 0) is 5.41 Å². The molecule has 1 aliphatic rings. The predicted octanol–water partition coefficient (Wildman–Crippen LogP) is 3.98. The van der Waals surface area contributed by atoms with Gasteiger partial charge in [-0.1, -0.05) is 64.9 Å². The lowest BCUT2D eigenvalue weighted by Gasteiger charge is -2.39. The third kappa shape index (κ3) is 3.19. The SMILES string of the molecule is CN(C1CCCC1)[Si](C)(C)c1cccc(C(C)(C)C)c1O. The van der Waals surface area contributed by atoms with Gasteiger partial charge < -0.3 is 9.67 Å². The van der Waals surface area contributed by atoms with Crippen molar-refractivity contribution in [1.82, 2.24) is 4.57 Å². The van der Waals surface area contributed by atoms with Gasteiger partial charge in [0.1, 0.15) is 5.75 Å². The number of para-hydroxylation sites is 1. The van der Waals surface area contributed by atoms with Gasteiger partial charge in [-0.2, -0.15) is 0 Å². The highest BCUT2D eigenvalue weighted by molar-refractivity contribution is 6.88. The first-order valence-electron chi connectivity index (χ1n) is 8.21. The van der Waals surface area contributed by atoms with E-state index >= 15 is 0 Å². The molecule has 0 aromatic heterocycles. The summed E-state index contributed by atoms with van der Waals surface area (Å²) < 4.78 is 2.60. The lowest BCUT2D eigenvalue weighted by Crippen LogP contribution is -2.59. The molecule has 1 aliphatic carbocycles. The zero-order valence-corrected chi connectivity index (χ0v) is 15.5. The van der Waals surface area contributed by atoms with E-state index in [2.05, 4.69) is 63.7 Å². The van der Waals surface area contributed by atoms with Gasteiger partial charge in [0.15, 0.2) is 8.24 Å². The molecular formula is C18H31NOSi. The maximum Gasteiger partial charge on any atom is 0.158 e. The second-order valence-electron chi connectivity index (χ2n) is 8.06. The Morgan fingerprint density at radius 1 is 1.14 bits per heavy atom. The van der Waals surface area contributed by atoms with Crippen LogP contribution in [0.25, 0.3) is 0 Å². The van der Waals surface area contributed by atoms with E-state index in [-0.39, 0.29) is 5.41 Å². The van der Waals surface area contributed by atoms with E-state index < -0.39 is 8.24 Å². The third-order valence-corrected chi connectivity index (χ3v) is 9.11. The van der Waals surface area contributed by atoms with E-state index in [9.17, 15) is 5.11 Å². The number of phenols is 1. The summed E-state index contributed by atoms with van der Waals surface area (Å²) in [6.45, 7) is 11.2. The van der Waals surface area contributed by atoms with E-state index in [4.69, 9.17) is 0 Å². The first-order valence-corrected chi connectivity index (χ1v) is 11.2. The average Bonchev–Trinajstić information content (AvgIpc) is 2.90. The van der Waals surface area contributed by atoms with Crippen LogP contribution < -0.4 is 5.19 Å². The fraction of sp³-hybridized carbons (Fsp3) is 0.667. The highest BCUT2D eigenvalue weighted by atomic mass is 28.3. The Bertz CT molecular complexity index is 498. The van der Waals surface area contributed by atoms with E-state index in [0.717, 1.165) is 5.56 Å². The van der Waals surface area contributed by atoms with Crippen LogP contribution in [0.5, 0.6) is 5.75 Å². The maximum absolute atomic E-state index is 10.9. The van der Waals surface area contributed by atoms with Crippen molar-refractivity contribution in [2.45, 2.75) is 71.0 Å². The molecule has 0 radical (unpaired) electrons. The molecule has 1 aromatic rings. The van der Waals surface area contributed by atoms with Crippen LogP contribution in [0.4, 0.5) is 0 Å². The summed E-state index contributed by atoms with van der Waals surface area (Å²) >= 11 is 0. The molecule has 1 saturated carbocycles. The zero-order valence-electron chi connectivity index (χ0n) is 14.5. The largest absolute Gasteiger partial charge is 0.508 e. The van der Waals surface area contributed by atoms with E-state index in [1.165, 1.54) is 30.9 Å². The van der Waals surface area contributed by atoms with E-state index in [1.54, 1.807) is 0 Å². The summed E-state index contributed by atoms with van der Waals surface area (Å²) in [5.74, 6) is 0.534. The number of aromatic hydroxyl groups is 1. The smallest absolute Gasteiger partial charge is 0.158 e. The predicted molar refractivity (Wildman–Crippen MR) is 93.9 cm³/mol. The van der Waals surface area contributed by atoms with Crippen LogP contribution in [0.3, 0.4) is 0 Å². The molecule has 1 N–H and O–H groups in total. The van der Waals surface area contributed by atoms with Crippen molar-refractivity contribution < 1.29 is 5.11 Å². The van der Waals surface area contributed by atoms with Gasteiger partial charge in [0.2, 0.25) is 0 Å². The standard InChI is InChI=1S/C18H31NOSi/c1-18(2,3)15-12-9-13-16(17(15)20)21(5,6)19(4)14-10-7-8-11-14/h9,12-14,20H,7-8,10-11H2,1-6H3. The molecule has 0 amide bonds. The van der Waals surface area contributed by atoms with Crippen LogP contribution in [0.2, 0.25) is 13.1 Å². The molecule has 0 spiro atoms. The summed E-state index contributed by atoms with van der Waals surface area (Å²) in [6, 6.07) is 7.03. The van der Waals surface area contributed by atoms with Crippen molar-refractivity contribution in [1.29, 1.82) is 0 Å². The molecule has 0 bridgehead atoms. The first kappa shape index (κ1) is 16.6. The Kier molecular flexibility index (Phi) is 4.55. The summed E-state index contributed by atoms with van der Waals surface area (Å²) in [5.41, 5.74) is 1.05. The summed E-state index contributed by atoms with van der Waals surface area (Å²) in [7, 11) is 0.450. The molecule has 0 atom stereocenters. The Balaban J connectivity index is 2.40. The van der Waals surface area contributed by atoms with Gasteiger partial charge in [0.05, 0.1) is 0 Å². The molecule has 3 heteroatoms. The van der Waals surface area contributed by atoms with Crippen molar-refractivity contribution >= 4 is 13.4 Å². The first-order chi connectivity index (χ1) is 9.65. The van der Waals surface area contributed by atoms with Crippen molar-refractivity contribution in [2.75, 3.05) is 7.05 Å². The number of rotatable bonds is 3. The van der Waals surface area contributed by atoms with Gasteiger partial charge in [-0.25, -0.2) is 0 Å². The Morgan fingerprint density at radius 2 is 1.71 bits per heavy atom. The fourth-order valence-corrected chi connectivity index (χ4v) is 6.35.